The number of thiophene rings is 1. The van der Waals surface area contributed by atoms with Gasteiger partial charge in [0.2, 0.25) is 0 Å². The molecule has 1 amide bonds. The van der Waals surface area contributed by atoms with Gasteiger partial charge in [-0.2, -0.15) is 5.10 Å². The molecule has 1 aromatic carbocycles. The first kappa shape index (κ1) is 23.8. The molecule has 5 rings (SSSR count). The maximum atomic E-state index is 12.4. The summed E-state index contributed by atoms with van der Waals surface area (Å²) in [6.07, 6.45) is 6.53. The van der Waals surface area contributed by atoms with Gasteiger partial charge in [-0.3, -0.25) is 4.79 Å². The lowest BCUT2D eigenvalue weighted by Gasteiger charge is -2.30. The molecule has 3 heterocycles. The molecule has 0 spiro atoms. The largest absolute Gasteiger partial charge is 0.367 e. The number of nitrogens with one attached hydrogen (secondary N) is 2. The molecule has 0 unspecified atom stereocenters. The van der Waals surface area contributed by atoms with Crippen molar-refractivity contribution < 1.29 is 4.79 Å². The Bertz CT molecular complexity index is 1310. The van der Waals surface area contributed by atoms with E-state index in [1.165, 1.54) is 11.3 Å². The topological polar surface area (TPSA) is 84.7 Å². The van der Waals surface area contributed by atoms with Crippen LogP contribution in [0.2, 0.25) is 5.02 Å². The average Bonchev–Trinajstić information content (AvgIpc) is 3.56. The van der Waals surface area contributed by atoms with E-state index in [0.29, 0.717) is 5.02 Å². The van der Waals surface area contributed by atoms with E-state index in [1.807, 2.05) is 48.0 Å². The zero-order valence-electron chi connectivity index (χ0n) is 19.9. The van der Waals surface area contributed by atoms with Gasteiger partial charge in [0.15, 0.2) is 5.65 Å². The van der Waals surface area contributed by atoms with E-state index in [4.69, 9.17) is 21.6 Å². The van der Waals surface area contributed by atoms with Crippen molar-refractivity contribution in [1.82, 2.24) is 25.1 Å². The second-order valence-electron chi connectivity index (χ2n) is 9.13. The third-order valence-corrected chi connectivity index (χ3v) is 7.92. The molecule has 1 aliphatic rings. The summed E-state index contributed by atoms with van der Waals surface area (Å²) in [4.78, 5) is 23.0. The summed E-state index contributed by atoms with van der Waals surface area (Å²) in [6.45, 7) is 4.28. The number of anilines is 1. The molecule has 9 heteroatoms. The molecule has 1 atom stereocenters. The summed E-state index contributed by atoms with van der Waals surface area (Å²) < 4.78 is 1.80. The van der Waals surface area contributed by atoms with Crippen LogP contribution in [0.3, 0.4) is 0 Å². The lowest BCUT2D eigenvalue weighted by atomic mass is 9.91. The Morgan fingerprint density at radius 2 is 1.91 bits per heavy atom. The van der Waals surface area contributed by atoms with Crippen molar-refractivity contribution in [1.29, 1.82) is 0 Å². The first-order valence-electron chi connectivity index (χ1n) is 12.1. The Labute approximate surface area is 213 Å². The number of fused-ring (bicyclic) bond motifs is 1. The number of rotatable bonds is 7. The number of benzene rings is 1. The molecule has 4 aromatic rings. The summed E-state index contributed by atoms with van der Waals surface area (Å²) >= 11 is 7.95. The Morgan fingerprint density at radius 1 is 1.14 bits per heavy atom. The molecule has 182 valence electrons. The van der Waals surface area contributed by atoms with E-state index in [2.05, 4.69) is 29.6 Å². The second kappa shape index (κ2) is 10.3. The van der Waals surface area contributed by atoms with Crippen molar-refractivity contribution in [3.05, 3.63) is 63.7 Å². The Balaban J connectivity index is 1.36. The van der Waals surface area contributed by atoms with Crippen LogP contribution in [0.4, 0.5) is 5.82 Å². The first-order chi connectivity index (χ1) is 17.0. The molecule has 1 fully saturated rings. The van der Waals surface area contributed by atoms with E-state index in [-0.39, 0.29) is 23.9 Å². The van der Waals surface area contributed by atoms with Crippen LogP contribution in [0, 0.1) is 0 Å². The number of carbonyl (C=O) groups excluding carboxylic acids is 1. The number of hydrogen-bond acceptors (Lipinski definition) is 6. The number of nitrogens with zero attached hydrogens (tertiary/aromatic N) is 4. The summed E-state index contributed by atoms with van der Waals surface area (Å²) in [5, 5.41) is 14.9. The number of para-hydroxylation sites is 1. The van der Waals surface area contributed by atoms with E-state index in [1.54, 1.807) is 4.68 Å². The van der Waals surface area contributed by atoms with Gasteiger partial charge in [0.05, 0.1) is 27.2 Å². The standard InChI is InChI=1S/C26H29ClN6OS/c1-3-16(2)23-31-24(19-15-28-33(25(19)32-23)21-8-5-4-7-20(21)27)29-17-10-12-18(13-11-17)30-26(34)22-9-6-14-35-22/h4-9,14-18H,3,10-13H2,1-2H3,(H,30,34)(H,29,31,32)/t16-,17?,18?/m1/s1. The highest BCUT2D eigenvalue weighted by atomic mass is 35.5. The predicted molar refractivity (Wildman–Crippen MR) is 142 cm³/mol. The van der Waals surface area contributed by atoms with Crippen molar-refractivity contribution in [2.75, 3.05) is 5.32 Å². The number of carbonyl (C=O) groups is 1. The zero-order chi connectivity index (χ0) is 24.4. The molecule has 2 N–H and O–H groups in total. The molecule has 0 bridgehead atoms. The van der Waals surface area contributed by atoms with E-state index < -0.39 is 0 Å². The fraction of sp³-hybridized carbons (Fsp3) is 0.385. The number of aromatic nitrogens is 4. The molecule has 35 heavy (non-hydrogen) atoms. The minimum absolute atomic E-state index is 0.0269. The van der Waals surface area contributed by atoms with Crippen LogP contribution in [0.15, 0.2) is 48.0 Å². The van der Waals surface area contributed by atoms with Crippen LogP contribution in [-0.2, 0) is 0 Å². The number of halogens is 1. The molecule has 0 aliphatic heterocycles. The molecule has 3 aromatic heterocycles. The number of amides is 1. The van der Waals surface area contributed by atoms with Crippen molar-refractivity contribution in [3.63, 3.8) is 0 Å². The molecule has 7 nitrogen and oxygen atoms in total. The summed E-state index contributed by atoms with van der Waals surface area (Å²) in [7, 11) is 0. The van der Waals surface area contributed by atoms with Crippen molar-refractivity contribution >= 4 is 45.7 Å². The fourth-order valence-electron chi connectivity index (χ4n) is 4.48. The van der Waals surface area contributed by atoms with Crippen LogP contribution >= 0.6 is 22.9 Å². The Kier molecular flexibility index (Phi) is 7.02. The Hall–Kier alpha value is -2.97. The molecule has 1 aliphatic carbocycles. The summed E-state index contributed by atoms with van der Waals surface area (Å²) in [5.74, 6) is 1.86. The summed E-state index contributed by atoms with van der Waals surface area (Å²) in [6, 6.07) is 11.9. The number of hydrogen-bond donors (Lipinski definition) is 2. The van der Waals surface area contributed by atoms with Gasteiger partial charge in [-0.1, -0.05) is 43.6 Å². The van der Waals surface area contributed by atoms with Crippen LogP contribution in [0.5, 0.6) is 0 Å². The highest BCUT2D eigenvalue weighted by Crippen LogP contribution is 2.30. The molecular weight excluding hydrogens is 480 g/mol. The van der Waals surface area contributed by atoms with Crippen LogP contribution in [0.1, 0.15) is 67.4 Å². The molecule has 0 radical (unpaired) electrons. The SMILES string of the molecule is CC[C@@H](C)c1nc(NC2CCC(NC(=O)c3cccs3)CC2)c2cnn(-c3ccccc3Cl)c2n1. The van der Waals surface area contributed by atoms with Gasteiger partial charge in [0.1, 0.15) is 11.6 Å². The monoisotopic (exact) mass is 508 g/mol. The lowest BCUT2D eigenvalue weighted by Crippen LogP contribution is -2.40. The molecule has 0 saturated heterocycles. The maximum Gasteiger partial charge on any atom is 0.261 e. The highest BCUT2D eigenvalue weighted by molar-refractivity contribution is 7.12. The van der Waals surface area contributed by atoms with E-state index in [0.717, 1.165) is 65.3 Å². The quantitative estimate of drug-likeness (QED) is 0.310. The molecular formula is C26H29ClN6OS. The van der Waals surface area contributed by atoms with E-state index in [9.17, 15) is 4.79 Å². The highest BCUT2D eigenvalue weighted by Gasteiger charge is 2.25. The first-order valence-corrected chi connectivity index (χ1v) is 13.4. The van der Waals surface area contributed by atoms with Crippen LogP contribution in [-0.4, -0.2) is 37.7 Å². The third kappa shape index (κ3) is 5.04. The van der Waals surface area contributed by atoms with Gasteiger partial charge >= 0.3 is 0 Å². The fourth-order valence-corrected chi connectivity index (χ4v) is 5.32. The minimum Gasteiger partial charge on any atom is -0.367 e. The minimum atomic E-state index is 0.0269. The second-order valence-corrected chi connectivity index (χ2v) is 10.5. The van der Waals surface area contributed by atoms with Crippen molar-refractivity contribution in [3.8, 4) is 5.69 Å². The van der Waals surface area contributed by atoms with Gasteiger partial charge in [0, 0.05) is 18.0 Å². The van der Waals surface area contributed by atoms with Gasteiger partial charge in [0.25, 0.3) is 5.91 Å². The normalized spacial score (nSPS) is 18.9. The lowest BCUT2D eigenvalue weighted by molar-refractivity contribution is 0.0930. The van der Waals surface area contributed by atoms with Gasteiger partial charge in [-0.05, 0) is 55.7 Å². The van der Waals surface area contributed by atoms with Gasteiger partial charge in [-0.25, -0.2) is 14.6 Å². The van der Waals surface area contributed by atoms with Gasteiger partial charge < -0.3 is 10.6 Å². The predicted octanol–water partition coefficient (Wildman–Crippen LogP) is 6.20. The van der Waals surface area contributed by atoms with Crippen LogP contribution < -0.4 is 10.6 Å². The van der Waals surface area contributed by atoms with Crippen LogP contribution in [0.25, 0.3) is 16.7 Å². The zero-order valence-corrected chi connectivity index (χ0v) is 21.4. The maximum absolute atomic E-state index is 12.4. The molecule has 1 saturated carbocycles. The Morgan fingerprint density at radius 3 is 2.63 bits per heavy atom. The van der Waals surface area contributed by atoms with E-state index >= 15 is 0 Å². The smallest absolute Gasteiger partial charge is 0.261 e. The average molecular weight is 509 g/mol. The van der Waals surface area contributed by atoms with Crippen molar-refractivity contribution in [2.24, 2.45) is 0 Å². The third-order valence-electron chi connectivity index (χ3n) is 6.73. The van der Waals surface area contributed by atoms with Crippen molar-refractivity contribution in [2.45, 2.75) is 64.0 Å². The van der Waals surface area contributed by atoms with Gasteiger partial charge in [-0.15, -0.1) is 11.3 Å². The summed E-state index contributed by atoms with van der Waals surface area (Å²) in [5.41, 5.74) is 1.55.